The summed E-state index contributed by atoms with van der Waals surface area (Å²) in [5.74, 6) is -1.43. The number of fused-ring (bicyclic) bond motifs is 1. The van der Waals surface area contributed by atoms with Gasteiger partial charge in [-0.15, -0.1) is 0 Å². The first-order chi connectivity index (χ1) is 11.5. The molecule has 2 aliphatic carbocycles. The molecule has 0 saturated heterocycles. The van der Waals surface area contributed by atoms with Crippen LogP contribution in [0.4, 0.5) is 0 Å². The highest BCUT2D eigenvalue weighted by Crippen LogP contribution is 2.36. The maximum absolute atomic E-state index is 12.3. The summed E-state index contributed by atoms with van der Waals surface area (Å²) >= 11 is 0. The molecule has 0 spiro atoms. The summed E-state index contributed by atoms with van der Waals surface area (Å²) in [6.45, 7) is 0. The van der Waals surface area contributed by atoms with Gasteiger partial charge in [-0.25, -0.2) is 9.59 Å². The van der Waals surface area contributed by atoms with Crippen molar-refractivity contribution in [2.75, 3.05) is 0 Å². The van der Waals surface area contributed by atoms with Gasteiger partial charge in [0, 0.05) is 11.6 Å². The van der Waals surface area contributed by atoms with Crippen LogP contribution in [0.3, 0.4) is 0 Å². The van der Waals surface area contributed by atoms with Gasteiger partial charge in [-0.05, 0) is 43.9 Å². The number of nitrogens with zero attached hydrogens (tertiary/aromatic N) is 1. The van der Waals surface area contributed by atoms with Crippen molar-refractivity contribution in [3.8, 4) is 0 Å². The number of hydrogen-bond donors (Lipinski definition) is 3. The Bertz CT molecular complexity index is 885. The lowest BCUT2D eigenvalue weighted by Gasteiger charge is -2.13. The van der Waals surface area contributed by atoms with E-state index in [2.05, 4.69) is 10.3 Å². The van der Waals surface area contributed by atoms with E-state index >= 15 is 0 Å². The highest BCUT2D eigenvalue weighted by molar-refractivity contribution is 6.01. The van der Waals surface area contributed by atoms with Gasteiger partial charge >= 0.3 is 11.7 Å². The summed E-state index contributed by atoms with van der Waals surface area (Å²) in [5.41, 5.74) is 0.492. The fourth-order valence-electron chi connectivity index (χ4n) is 3.60. The number of carbonyl (C=O) groups is 2. The number of benzene rings is 1. The lowest BCUT2D eigenvalue weighted by atomic mass is 10.1. The molecule has 0 aliphatic heterocycles. The first kappa shape index (κ1) is 15.0. The molecule has 1 amide bonds. The monoisotopic (exact) mass is 329 g/mol. The number of amides is 1. The zero-order chi connectivity index (χ0) is 16.9. The standard InChI is InChI=1S/C17H19N3O4/c21-14(19-17(7-8-17)15(22)23)10-5-6-13-12(9-10)18-16(24)20(13)11-3-1-2-4-11/h5-6,9,11H,1-4,7-8H2,(H,18,24)(H,19,21)(H,22,23). The van der Waals surface area contributed by atoms with Crippen LogP contribution in [-0.4, -0.2) is 32.1 Å². The van der Waals surface area contributed by atoms with Gasteiger partial charge in [0.25, 0.3) is 5.91 Å². The number of aliphatic carboxylic acids is 1. The average molecular weight is 329 g/mol. The van der Waals surface area contributed by atoms with E-state index in [0.29, 0.717) is 23.9 Å². The van der Waals surface area contributed by atoms with Crippen molar-refractivity contribution in [2.24, 2.45) is 0 Å². The number of carboxylic acid groups (broad SMARTS) is 1. The minimum absolute atomic E-state index is 0.154. The summed E-state index contributed by atoms with van der Waals surface area (Å²) in [4.78, 5) is 38.6. The number of aromatic amines is 1. The van der Waals surface area contributed by atoms with Crippen molar-refractivity contribution in [1.29, 1.82) is 0 Å². The Kier molecular flexibility index (Phi) is 3.26. The van der Waals surface area contributed by atoms with Crippen molar-refractivity contribution >= 4 is 22.9 Å². The van der Waals surface area contributed by atoms with Crippen molar-refractivity contribution in [3.63, 3.8) is 0 Å². The SMILES string of the molecule is O=C(NC1(C(=O)O)CC1)c1ccc2c(c1)[nH]c(=O)n2C1CCCC1. The van der Waals surface area contributed by atoms with Gasteiger partial charge < -0.3 is 15.4 Å². The quantitative estimate of drug-likeness (QED) is 0.795. The molecule has 24 heavy (non-hydrogen) atoms. The van der Waals surface area contributed by atoms with Crippen LogP contribution in [0.2, 0.25) is 0 Å². The van der Waals surface area contributed by atoms with Gasteiger partial charge in [-0.2, -0.15) is 0 Å². The Labute approximate surface area is 137 Å². The van der Waals surface area contributed by atoms with Crippen LogP contribution >= 0.6 is 0 Å². The molecule has 1 heterocycles. The maximum atomic E-state index is 12.3. The zero-order valence-electron chi connectivity index (χ0n) is 13.2. The third kappa shape index (κ3) is 2.31. The number of carbonyl (C=O) groups excluding carboxylic acids is 1. The second-order valence-corrected chi connectivity index (χ2v) is 6.81. The zero-order valence-corrected chi connectivity index (χ0v) is 13.2. The van der Waals surface area contributed by atoms with E-state index in [4.69, 9.17) is 5.11 Å². The normalized spacial score (nSPS) is 19.5. The lowest BCUT2D eigenvalue weighted by Crippen LogP contribution is -2.43. The molecule has 126 valence electrons. The third-order valence-corrected chi connectivity index (χ3v) is 5.18. The second-order valence-electron chi connectivity index (χ2n) is 6.81. The second kappa shape index (κ2) is 5.22. The molecule has 2 aliphatic rings. The molecule has 1 aromatic heterocycles. The molecule has 0 atom stereocenters. The van der Waals surface area contributed by atoms with Crippen molar-refractivity contribution < 1.29 is 14.7 Å². The van der Waals surface area contributed by atoms with E-state index in [9.17, 15) is 14.4 Å². The van der Waals surface area contributed by atoms with E-state index in [0.717, 1.165) is 31.2 Å². The van der Waals surface area contributed by atoms with Crippen molar-refractivity contribution in [2.45, 2.75) is 50.1 Å². The predicted octanol–water partition coefficient (Wildman–Crippen LogP) is 1.79. The smallest absolute Gasteiger partial charge is 0.329 e. The van der Waals surface area contributed by atoms with Crippen LogP contribution in [0.15, 0.2) is 23.0 Å². The molecular weight excluding hydrogens is 310 g/mol. The Balaban J connectivity index is 1.65. The summed E-state index contributed by atoms with van der Waals surface area (Å²) in [7, 11) is 0. The van der Waals surface area contributed by atoms with Crippen LogP contribution in [0.1, 0.15) is 54.9 Å². The highest BCUT2D eigenvalue weighted by Gasteiger charge is 2.51. The van der Waals surface area contributed by atoms with Crippen LogP contribution in [0, 0.1) is 0 Å². The van der Waals surface area contributed by atoms with Gasteiger partial charge in [0.2, 0.25) is 0 Å². The molecule has 0 unspecified atom stereocenters. The molecule has 1 aromatic carbocycles. The van der Waals surface area contributed by atoms with E-state index in [-0.39, 0.29) is 11.7 Å². The summed E-state index contributed by atoms with van der Waals surface area (Å²) in [6, 6.07) is 5.25. The van der Waals surface area contributed by atoms with E-state index < -0.39 is 17.4 Å². The average Bonchev–Trinajstić information content (AvgIpc) is 3.00. The Morgan fingerprint density at radius 2 is 1.96 bits per heavy atom. The van der Waals surface area contributed by atoms with Crippen molar-refractivity contribution in [1.82, 2.24) is 14.9 Å². The maximum Gasteiger partial charge on any atom is 0.329 e. The first-order valence-electron chi connectivity index (χ1n) is 8.30. The molecule has 7 nitrogen and oxygen atoms in total. The topological polar surface area (TPSA) is 104 Å². The molecule has 7 heteroatoms. The minimum atomic E-state index is -1.12. The number of hydrogen-bond acceptors (Lipinski definition) is 3. The predicted molar refractivity (Wildman–Crippen MR) is 87.1 cm³/mol. The number of H-pyrrole nitrogens is 1. The molecule has 2 aromatic rings. The number of rotatable bonds is 4. The van der Waals surface area contributed by atoms with E-state index in [1.165, 1.54) is 0 Å². The molecule has 0 bridgehead atoms. The number of imidazole rings is 1. The highest BCUT2D eigenvalue weighted by atomic mass is 16.4. The number of aromatic nitrogens is 2. The van der Waals surface area contributed by atoms with Crippen LogP contribution < -0.4 is 11.0 Å². The minimum Gasteiger partial charge on any atom is -0.480 e. The Morgan fingerprint density at radius 3 is 2.58 bits per heavy atom. The molecule has 0 radical (unpaired) electrons. The first-order valence-corrected chi connectivity index (χ1v) is 8.30. The molecular formula is C17H19N3O4. The Hall–Kier alpha value is -2.57. The van der Waals surface area contributed by atoms with E-state index in [1.54, 1.807) is 22.8 Å². The fraction of sp³-hybridized carbons (Fsp3) is 0.471. The number of nitrogens with one attached hydrogen (secondary N) is 2. The Morgan fingerprint density at radius 1 is 1.25 bits per heavy atom. The third-order valence-electron chi connectivity index (χ3n) is 5.18. The summed E-state index contributed by atoms with van der Waals surface area (Å²) in [5, 5.41) is 11.8. The fourth-order valence-corrected chi connectivity index (χ4v) is 3.60. The van der Waals surface area contributed by atoms with Crippen LogP contribution in [-0.2, 0) is 4.79 Å². The van der Waals surface area contributed by atoms with Gasteiger partial charge in [0.1, 0.15) is 5.54 Å². The largest absolute Gasteiger partial charge is 0.480 e. The van der Waals surface area contributed by atoms with Gasteiger partial charge in [0.15, 0.2) is 0 Å². The molecule has 3 N–H and O–H groups in total. The van der Waals surface area contributed by atoms with Gasteiger partial charge in [0.05, 0.1) is 11.0 Å². The summed E-state index contributed by atoms with van der Waals surface area (Å²) in [6.07, 6.45) is 5.14. The molecule has 4 rings (SSSR count). The lowest BCUT2D eigenvalue weighted by molar-refractivity contribution is -0.140. The molecule has 2 fully saturated rings. The van der Waals surface area contributed by atoms with Crippen molar-refractivity contribution in [3.05, 3.63) is 34.2 Å². The molecule has 2 saturated carbocycles. The van der Waals surface area contributed by atoms with E-state index in [1.807, 2.05) is 0 Å². The number of carboxylic acids is 1. The van der Waals surface area contributed by atoms with Crippen LogP contribution in [0.5, 0.6) is 0 Å². The van der Waals surface area contributed by atoms with Crippen LogP contribution in [0.25, 0.3) is 11.0 Å². The summed E-state index contributed by atoms with van der Waals surface area (Å²) < 4.78 is 1.78. The van der Waals surface area contributed by atoms with Gasteiger partial charge in [-0.3, -0.25) is 9.36 Å². The van der Waals surface area contributed by atoms with Gasteiger partial charge in [-0.1, -0.05) is 12.8 Å².